The number of nitrogens with zero attached hydrogens (tertiary/aromatic N) is 1. The number of hydrogen-bond donors (Lipinski definition) is 1. The molecule has 2 aromatic carbocycles. The van der Waals surface area contributed by atoms with Gasteiger partial charge in [0.05, 0.1) is 11.3 Å². The summed E-state index contributed by atoms with van der Waals surface area (Å²) in [5, 5.41) is 2.78. The van der Waals surface area contributed by atoms with Crippen LogP contribution in [0, 0.1) is 0 Å². The van der Waals surface area contributed by atoms with Gasteiger partial charge in [-0.2, -0.15) is 0 Å². The third-order valence-electron chi connectivity index (χ3n) is 3.45. The minimum atomic E-state index is -0.316. The van der Waals surface area contributed by atoms with Crippen LogP contribution >= 0.6 is 15.9 Å². The number of pyridine rings is 1. The zero-order chi connectivity index (χ0) is 16.9. The summed E-state index contributed by atoms with van der Waals surface area (Å²) < 4.78 is 0.652. The SMILES string of the molecule is O=C(Nc1ccccc1C(=O)c1ccccc1)c1ccc(Br)nc1. The minimum Gasteiger partial charge on any atom is -0.321 e. The number of anilines is 1. The zero-order valence-electron chi connectivity index (χ0n) is 12.6. The van der Waals surface area contributed by atoms with Gasteiger partial charge in [0.15, 0.2) is 5.78 Å². The Bertz CT molecular complexity index is 877. The monoisotopic (exact) mass is 380 g/mol. The molecular formula is C19H13BrN2O2. The van der Waals surface area contributed by atoms with Gasteiger partial charge >= 0.3 is 0 Å². The Hall–Kier alpha value is -2.79. The Morgan fingerprint density at radius 3 is 2.25 bits per heavy atom. The van der Waals surface area contributed by atoms with Crippen molar-refractivity contribution in [3.8, 4) is 0 Å². The molecule has 0 radical (unpaired) electrons. The van der Waals surface area contributed by atoms with E-state index >= 15 is 0 Å². The number of rotatable bonds is 4. The van der Waals surface area contributed by atoms with Gasteiger partial charge in [-0.25, -0.2) is 4.98 Å². The van der Waals surface area contributed by atoms with E-state index in [9.17, 15) is 9.59 Å². The van der Waals surface area contributed by atoms with Crippen molar-refractivity contribution < 1.29 is 9.59 Å². The fourth-order valence-corrected chi connectivity index (χ4v) is 2.47. The Balaban J connectivity index is 1.88. The van der Waals surface area contributed by atoms with Gasteiger partial charge in [0.25, 0.3) is 5.91 Å². The normalized spacial score (nSPS) is 10.2. The second kappa shape index (κ2) is 7.19. The van der Waals surface area contributed by atoms with Crippen LogP contribution in [0.25, 0.3) is 0 Å². The maximum Gasteiger partial charge on any atom is 0.257 e. The number of para-hydroxylation sites is 1. The van der Waals surface area contributed by atoms with Crippen LogP contribution < -0.4 is 5.32 Å². The molecule has 0 fully saturated rings. The lowest BCUT2D eigenvalue weighted by Gasteiger charge is -2.10. The van der Waals surface area contributed by atoms with Crippen LogP contribution in [-0.2, 0) is 0 Å². The van der Waals surface area contributed by atoms with Crippen molar-refractivity contribution in [2.24, 2.45) is 0 Å². The second-order valence-corrected chi connectivity index (χ2v) is 5.88. The number of hydrogen-bond acceptors (Lipinski definition) is 3. The predicted molar refractivity (Wildman–Crippen MR) is 96.2 cm³/mol. The summed E-state index contributed by atoms with van der Waals surface area (Å²) in [4.78, 5) is 29.1. The van der Waals surface area contributed by atoms with Gasteiger partial charge in [-0.15, -0.1) is 0 Å². The highest BCUT2D eigenvalue weighted by molar-refractivity contribution is 9.10. The largest absolute Gasteiger partial charge is 0.321 e. The summed E-state index contributed by atoms with van der Waals surface area (Å²) >= 11 is 3.23. The first kappa shape index (κ1) is 16.1. The number of nitrogens with one attached hydrogen (secondary N) is 1. The molecule has 0 aliphatic heterocycles. The fraction of sp³-hybridized carbons (Fsp3) is 0. The van der Waals surface area contributed by atoms with Gasteiger partial charge in [0.1, 0.15) is 4.60 Å². The van der Waals surface area contributed by atoms with Crippen LogP contribution in [0.2, 0.25) is 0 Å². The van der Waals surface area contributed by atoms with E-state index in [1.807, 2.05) is 18.2 Å². The van der Waals surface area contributed by atoms with Gasteiger partial charge in [-0.3, -0.25) is 9.59 Å². The van der Waals surface area contributed by atoms with E-state index < -0.39 is 0 Å². The van der Waals surface area contributed by atoms with E-state index in [4.69, 9.17) is 0 Å². The van der Waals surface area contributed by atoms with Crippen LogP contribution in [-0.4, -0.2) is 16.7 Å². The van der Waals surface area contributed by atoms with Crippen molar-refractivity contribution in [1.82, 2.24) is 4.98 Å². The first-order chi connectivity index (χ1) is 11.6. The number of carbonyl (C=O) groups is 2. The second-order valence-electron chi connectivity index (χ2n) is 5.06. The fourth-order valence-electron chi connectivity index (χ4n) is 2.24. The molecular weight excluding hydrogens is 368 g/mol. The Morgan fingerprint density at radius 2 is 1.54 bits per heavy atom. The van der Waals surface area contributed by atoms with Crippen LogP contribution in [0.4, 0.5) is 5.69 Å². The first-order valence-electron chi connectivity index (χ1n) is 7.27. The van der Waals surface area contributed by atoms with Gasteiger partial charge in [-0.05, 0) is 40.2 Å². The van der Waals surface area contributed by atoms with E-state index in [0.717, 1.165) is 0 Å². The molecule has 3 rings (SSSR count). The van der Waals surface area contributed by atoms with Crippen molar-refractivity contribution in [3.63, 3.8) is 0 Å². The Morgan fingerprint density at radius 1 is 0.833 bits per heavy atom. The van der Waals surface area contributed by atoms with Crippen LogP contribution in [0.15, 0.2) is 77.5 Å². The molecule has 0 unspecified atom stereocenters. The highest BCUT2D eigenvalue weighted by Crippen LogP contribution is 2.20. The third kappa shape index (κ3) is 3.58. The third-order valence-corrected chi connectivity index (χ3v) is 3.91. The summed E-state index contributed by atoms with van der Waals surface area (Å²) in [6, 6.07) is 19.3. The number of carbonyl (C=O) groups excluding carboxylic acids is 2. The summed E-state index contributed by atoms with van der Waals surface area (Å²) in [5.41, 5.74) is 1.91. The number of amides is 1. The quantitative estimate of drug-likeness (QED) is 0.541. The highest BCUT2D eigenvalue weighted by Gasteiger charge is 2.15. The summed E-state index contributed by atoms with van der Waals surface area (Å²) in [6.45, 7) is 0. The van der Waals surface area contributed by atoms with Gasteiger partial charge in [0, 0.05) is 17.3 Å². The van der Waals surface area contributed by atoms with E-state index in [1.165, 1.54) is 6.20 Å². The van der Waals surface area contributed by atoms with Crippen molar-refractivity contribution in [2.45, 2.75) is 0 Å². The van der Waals surface area contributed by atoms with Crippen molar-refractivity contribution in [1.29, 1.82) is 0 Å². The van der Waals surface area contributed by atoms with E-state index in [0.29, 0.717) is 27.0 Å². The topological polar surface area (TPSA) is 59.1 Å². The number of benzene rings is 2. The highest BCUT2D eigenvalue weighted by atomic mass is 79.9. The first-order valence-corrected chi connectivity index (χ1v) is 8.06. The standard InChI is InChI=1S/C19H13BrN2O2/c20-17-11-10-14(12-21-17)19(24)22-16-9-5-4-8-15(16)18(23)13-6-2-1-3-7-13/h1-12H,(H,22,24). The molecule has 0 aliphatic rings. The molecule has 1 amide bonds. The summed E-state index contributed by atoms with van der Waals surface area (Å²) in [7, 11) is 0. The molecule has 118 valence electrons. The van der Waals surface area contributed by atoms with Crippen molar-refractivity contribution >= 4 is 33.3 Å². The molecule has 0 aliphatic carbocycles. The molecule has 1 aromatic heterocycles. The molecule has 0 saturated carbocycles. The van der Waals surface area contributed by atoms with Gasteiger partial charge in [-0.1, -0.05) is 42.5 Å². The smallest absolute Gasteiger partial charge is 0.257 e. The van der Waals surface area contributed by atoms with Gasteiger partial charge in [0.2, 0.25) is 0 Å². The molecule has 0 bridgehead atoms. The van der Waals surface area contributed by atoms with E-state index in [2.05, 4.69) is 26.2 Å². The molecule has 1 N–H and O–H groups in total. The van der Waals surface area contributed by atoms with Crippen LogP contribution in [0.3, 0.4) is 0 Å². The lowest BCUT2D eigenvalue weighted by molar-refractivity contribution is 0.102. The maximum atomic E-state index is 12.7. The van der Waals surface area contributed by atoms with Crippen molar-refractivity contribution in [2.75, 3.05) is 5.32 Å². The lowest BCUT2D eigenvalue weighted by atomic mass is 10.0. The molecule has 1 heterocycles. The number of ketones is 1. The Kier molecular flexibility index (Phi) is 4.82. The van der Waals surface area contributed by atoms with E-state index in [-0.39, 0.29) is 11.7 Å². The number of halogens is 1. The van der Waals surface area contributed by atoms with Crippen LogP contribution in [0.1, 0.15) is 26.3 Å². The predicted octanol–water partition coefficient (Wildman–Crippen LogP) is 4.33. The zero-order valence-corrected chi connectivity index (χ0v) is 14.2. The number of aromatic nitrogens is 1. The van der Waals surface area contributed by atoms with Crippen molar-refractivity contribution in [3.05, 3.63) is 94.2 Å². The minimum absolute atomic E-state index is 0.138. The molecule has 24 heavy (non-hydrogen) atoms. The van der Waals surface area contributed by atoms with E-state index in [1.54, 1.807) is 48.5 Å². The van der Waals surface area contributed by atoms with Gasteiger partial charge < -0.3 is 5.32 Å². The lowest BCUT2D eigenvalue weighted by Crippen LogP contribution is -2.15. The molecule has 3 aromatic rings. The summed E-state index contributed by atoms with van der Waals surface area (Å²) in [6.07, 6.45) is 1.47. The summed E-state index contributed by atoms with van der Waals surface area (Å²) in [5.74, 6) is -0.455. The molecule has 4 nitrogen and oxygen atoms in total. The molecule has 0 atom stereocenters. The molecule has 0 saturated heterocycles. The molecule has 5 heteroatoms. The Labute approximate surface area is 147 Å². The average Bonchev–Trinajstić information content (AvgIpc) is 2.63. The molecule has 0 spiro atoms. The van der Waals surface area contributed by atoms with Crippen LogP contribution in [0.5, 0.6) is 0 Å². The maximum absolute atomic E-state index is 12.7. The average molecular weight is 381 g/mol.